The molecule has 5 heteroatoms. The van der Waals surface area contributed by atoms with Crippen molar-refractivity contribution in [2.75, 3.05) is 5.32 Å². The van der Waals surface area contributed by atoms with Gasteiger partial charge in [-0.15, -0.1) is 12.4 Å². The topological polar surface area (TPSA) is 55.1 Å². The van der Waals surface area contributed by atoms with Gasteiger partial charge in [0.2, 0.25) is 5.91 Å². The fraction of sp³-hybridized carbons (Fsp3) is 0.462. The fourth-order valence-electron chi connectivity index (χ4n) is 2.22. The summed E-state index contributed by atoms with van der Waals surface area (Å²) in [6.07, 6.45) is 2.36. The molecule has 18 heavy (non-hydrogen) atoms. The average molecular weight is 273 g/mol. The van der Waals surface area contributed by atoms with Crippen LogP contribution in [0.3, 0.4) is 0 Å². The van der Waals surface area contributed by atoms with Crippen LogP contribution in [0.4, 0.5) is 10.1 Å². The van der Waals surface area contributed by atoms with Gasteiger partial charge in [-0.2, -0.15) is 0 Å². The number of hydrogen-bond donors (Lipinski definition) is 2. The van der Waals surface area contributed by atoms with Gasteiger partial charge in [0.05, 0.1) is 5.69 Å². The van der Waals surface area contributed by atoms with Gasteiger partial charge in [-0.3, -0.25) is 4.79 Å². The molecule has 1 saturated carbocycles. The highest BCUT2D eigenvalue weighted by molar-refractivity contribution is 5.93. The van der Waals surface area contributed by atoms with E-state index in [9.17, 15) is 9.18 Å². The number of benzene rings is 1. The molecule has 0 aromatic heterocycles. The van der Waals surface area contributed by atoms with Gasteiger partial charge in [0.25, 0.3) is 0 Å². The first-order valence-corrected chi connectivity index (χ1v) is 5.89. The number of nitrogens with one attached hydrogen (secondary N) is 1. The van der Waals surface area contributed by atoms with E-state index in [1.807, 2.05) is 6.92 Å². The van der Waals surface area contributed by atoms with Gasteiger partial charge in [0.15, 0.2) is 0 Å². The quantitative estimate of drug-likeness (QED) is 0.870. The van der Waals surface area contributed by atoms with Crippen molar-refractivity contribution in [1.29, 1.82) is 0 Å². The Balaban J connectivity index is 0.00000162. The van der Waals surface area contributed by atoms with Crippen molar-refractivity contribution in [2.45, 2.75) is 32.2 Å². The average Bonchev–Trinajstić information content (AvgIpc) is 2.70. The van der Waals surface area contributed by atoms with Crippen molar-refractivity contribution in [3.8, 4) is 0 Å². The highest BCUT2D eigenvalue weighted by Crippen LogP contribution is 2.26. The van der Waals surface area contributed by atoms with Crippen LogP contribution < -0.4 is 11.1 Å². The minimum absolute atomic E-state index is 0. The Kier molecular flexibility index (Phi) is 5.11. The minimum Gasteiger partial charge on any atom is -0.328 e. The molecule has 1 aliphatic carbocycles. The lowest BCUT2D eigenvalue weighted by molar-refractivity contribution is -0.119. The lowest BCUT2D eigenvalue weighted by Gasteiger charge is -2.11. The Bertz CT molecular complexity index is 439. The predicted octanol–water partition coefficient (Wildman–Crippen LogP) is 2.62. The summed E-state index contributed by atoms with van der Waals surface area (Å²) in [5.41, 5.74) is 6.94. The first kappa shape index (κ1) is 14.9. The molecule has 0 saturated heterocycles. The molecule has 1 aliphatic rings. The molecule has 1 fully saturated rings. The van der Waals surface area contributed by atoms with E-state index in [0.29, 0.717) is 6.42 Å². The van der Waals surface area contributed by atoms with Gasteiger partial charge in [-0.05, 0) is 43.9 Å². The van der Waals surface area contributed by atoms with E-state index >= 15 is 0 Å². The van der Waals surface area contributed by atoms with Crippen LogP contribution in [0.5, 0.6) is 0 Å². The minimum atomic E-state index is -0.397. The van der Waals surface area contributed by atoms with Crippen molar-refractivity contribution < 1.29 is 9.18 Å². The van der Waals surface area contributed by atoms with Gasteiger partial charge < -0.3 is 11.1 Å². The first-order valence-electron chi connectivity index (χ1n) is 5.89. The molecule has 1 aromatic rings. The summed E-state index contributed by atoms with van der Waals surface area (Å²) in [6, 6.07) is 4.79. The van der Waals surface area contributed by atoms with E-state index in [0.717, 1.165) is 18.4 Å². The van der Waals surface area contributed by atoms with Gasteiger partial charge in [-0.25, -0.2) is 4.39 Å². The third-order valence-electron chi connectivity index (χ3n) is 3.22. The largest absolute Gasteiger partial charge is 0.328 e. The standard InChI is InChI=1S/C13H17FN2O.ClH/c1-8-2-5-11(14)12(6-8)16-13(17)9-3-4-10(15)7-9;/h2,5-6,9-10H,3-4,7,15H2,1H3,(H,16,17);1H. The fourth-order valence-corrected chi connectivity index (χ4v) is 2.22. The van der Waals surface area contributed by atoms with E-state index in [1.54, 1.807) is 12.1 Å². The zero-order valence-electron chi connectivity index (χ0n) is 10.3. The monoisotopic (exact) mass is 272 g/mol. The highest BCUT2D eigenvalue weighted by Gasteiger charge is 2.28. The second-order valence-corrected chi connectivity index (χ2v) is 4.74. The molecular weight excluding hydrogens is 255 g/mol. The van der Waals surface area contributed by atoms with Crippen LogP contribution in [0.15, 0.2) is 18.2 Å². The molecule has 0 spiro atoms. The van der Waals surface area contributed by atoms with Crippen molar-refractivity contribution >= 4 is 24.0 Å². The van der Waals surface area contributed by atoms with E-state index in [2.05, 4.69) is 5.32 Å². The van der Waals surface area contributed by atoms with Gasteiger partial charge in [-0.1, -0.05) is 6.07 Å². The number of amides is 1. The zero-order valence-corrected chi connectivity index (χ0v) is 11.1. The molecule has 1 aromatic carbocycles. The number of anilines is 1. The van der Waals surface area contributed by atoms with Crippen molar-refractivity contribution in [2.24, 2.45) is 11.7 Å². The second kappa shape index (κ2) is 6.16. The summed E-state index contributed by atoms with van der Waals surface area (Å²) in [5.74, 6) is -0.599. The van der Waals surface area contributed by atoms with E-state index in [4.69, 9.17) is 5.73 Å². The molecule has 0 heterocycles. The molecule has 0 radical (unpaired) electrons. The third kappa shape index (κ3) is 3.43. The molecule has 3 nitrogen and oxygen atoms in total. The van der Waals surface area contributed by atoms with Gasteiger partial charge in [0.1, 0.15) is 5.82 Å². The maximum Gasteiger partial charge on any atom is 0.227 e. The van der Waals surface area contributed by atoms with Crippen LogP contribution in [0.2, 0.25) is 0 Å². The summed E-state index contributed by atoms with van der Waals surface area (Å²) in [4.78, 5) is 11.9. The summed E-state index contributed by atoms with van der Waals surface area (Å²) >= 11 is 0. The summed E-state index contributed by atoms with van der Waals surface area (Å²) in [7, 11) is 0. The third-order valence-corrected chi connectivity index (χ3v) is 3.22. The lowest BCUT2D eigenvalue weighted by Crippen LogP contribution is -2.23. The first-order chi connectivity index (χ1) is 8.06. The highest BCUT2D eigenvalue weighted by atomic mass is 35.5. The number of rotatable bonds is 2. The van der Waals surface area contributed by atoms with Gasteiger partial charge >= 0.3 is 0 Å². The Morgan fingerprint density at radius 2 is 2.17 bits per heavy atom. The number of carbonyl (C=O) groups is 1. The Labute approximate surface area is 112 Å². The Morgan fingerprint density at radius 3 is 2.78 bits per heavy atom. The SMILES string of the molecule is Cc1ccc(F)c(NC(=O)C2CCC(N)C2)c1.Cl. The Hall–Kier alpha value is -1.13. The Morgan fingerprint density at radius 1 is 1.44 bits per heavy atom. The summed E-state index contributed by atoms with van der Waals surface area (Å²) in [6.45, 7) is 1.86. The molecule has 3 N–H and O–H groups in total. The van der Waals surface area contributed by atoms with Crippen LogP contribution in [-0.4, -0.2) is 11.9 Å². The van der Waals surface area contributed by atoms with E-state index < -0.39 is 5.82 Å². The van der Waals surface area contributed by atoms with Crippen molar-refractivity contribution in [1.82, 2.24) is 0 Å². The maximum absolute atomic E-state index is 13.5. The van der Waals surface area contributed by atoms with Crippen LogP contribution in [0.25, 0.3) is 0 Å². The number of aryl methyl sites for hydroxylation is 1. The molecule has 2 rings (SSSR count). The van der Waals surface area contributed by atoms with Crippen molar-refractivity contribution in [3.63, 3.8) is 0 Å². The number of nitrogens with two attached hydrogens (primary N) is 1. The normalized spacial score (nSPS) is 22.4. The van der Waals surface area contributed by atoms with Crippen LogP contribution in [0, 0.1) is 18.7 Å². The van der Waals surface area contributed by atoms with E-state index in [-0.39, 0.29) is 36.0 Å². The summed E-state index contributed by atoms with van der Waals surface area (Å²) < 4.78 is 13.5. The number of hydrogen-bond acceptors (Lipinski definition) is 2. The number of carbonyl (C=O) groups excluding carboxylic acids is 1. The zero-order chi connectivity index (χ0) is 12.4. The molecule has 0 aliphatic heterocycles. The lowest BCUT2D eigenvalue weighted by atomic mass is 10.1. The van der Waals surface area contributed by atoms with E-state index in [1.165, 1.54) is 6.07 Å². The molecule has 0 bridgehead atoms. The summed E-state index contributed by atoms with van der Waals surface area (Å²) in [5, 5.41) is 2.64. The maximum atomic E-state index is 13.5. The number of halogens is 2. The molecule has 2 atom stereocenters. The smallest absolute Gasteiger partial charge is 0.227 e. The predicted molar refractivity (Wildman–Crippen MR) is 72.3 cm³/mol. The van der Waals surface area contributed by atoms with Crippen LogP contribution >= 0.6 is 12.4 Å². The van der Waals surface area contributed by atoms with Gasteiger partial charge in [0, 0.05) is 12.0 Å². The molecule has 2 unspecified atom stereocenters. The molecule has 1 amide bonds. The molecular formula is C13H18ClFN2O. The van der Waals surface area contributed by atoms with Crippen molar-refractivity contribution in [3.05, 3.63) is 29.6 Å². The van der Waals surface area contributed by atoms with Crippen LogP contribution in [-0.2, 0) is 4.79 Å². The van der Waals surface area contributed by atoms with Crippen LogP contribution in [0.1, 0.15) is 24.8 Å². The second-order valence-electron chi connectivity index (χ2n) is 4.74. The molecule has 100 valence electrons.